The van der Waals surface area contributed by atoms with Gasteiger partial charge in [-0.15, -0.1) is 18.3 Å². The van der Waals surface area contributed by atoms with Gasteiger partial charge in [-0.05, 0) is 56.7 Å². The normalized spacial score (nSPS) is 12.1. The highest BCUT2D eigenvalue weighted by Gasteiger charge is 2.31. The summed E-state index contributed by atoms with van der Waals surface area (Å²) >= 11 is 12.2. The topological polar surface area (TPSA) is 54.7 Å². The van der Waals surface area contributed by atoms with E-state index in [2.05, 4.69) is 9.84 Å². The molecule has 6 nitrogen and oxygen atoms in total. The van der Waals surface area contributed by atoms with Gasteiger partial charge >= 0.3 is 6.36 Å². The van der Waals surface area contributed by atoms with Crippen molar-refractivity contribution in [3.05, 3.63) is 58.7 Å². The van der Waals surface area contributed by atoms with Gasteiger partial charge in [-0.3, -0.25) is 0 Å². The number of benzene rings is 2. The van der Waals surface area contributed by atoms with E-state index in [9.17, 15) is 13.2 Å². The van der Waals surface area contributed by atoms with Crippen LogP contribution >= 0.6 is 23.2 Å². The van der Waals surface area contributed by atoms with Crippen LogP contribution in [0.25, 0.3) is 16.8 Å². The van der Waals surface area contributed by atoms with Crippen molar-refractivity contribution in [3.63, 3.8) is 0 Å². The molecule has 0 saturated carbocycles. The highest BCUT2D eigenvalue weighted by atomic mass is 35.5. The van der Waals surface area contributed by atoms with Gasteiger partial charge in [0.15, 0.2) is 6.79 Å². The Balaban J connectivity index is 1.90. The van der Waals surface area contributed by atoms with Gasteiger partial charge in [0.2, 0.25) is 0 Å². The third kappa shape index (κ3) is 7.03. The fraction of sp³-hybridized carbons (Fsp3) is 0.286. The number of hydrogen-bond acceptors (Lipinski definition) is 5. The molecule has 2 aromatic carbocycles. The van der Waals surface area contributed by atoms with Gasteiger partial charge in [0.25, 0.3) is 5.88 Å². The molecule has 0 amide bonds. The Morgan fingerprint density at radius 2 is 1.59 bits per heavy atom. The van der Waals surface area contributed by atoms with Gasteiger partial charge in [0.05, 0.1) is 16.9 Å². The predicted molar refractivity (Wildman–Crippen MR) is 113 cm³/mol. The first-order valence-electron chi connectivity index (χ1n) is 9.25. The number of aromatic nitrogens is 2. The zero-order valence-corrected chi connectivity index (χ0v) is 18.8. The van der Waals surface area contributed by atoms with Gasteiger partial charge in [0.1, 0.15) is 5.75 Å². The van der Waals surface area contributed by atoms with E-state index in [4.69, 9.17) is 37.7 Å². The molecule has 0 bridgehead atoms. The lowest BCUT2D eigenvalue weighted by Gasteiger charge is -2.18. The maximum absolute atomic E-state index is 12.4. The molecule has 172 valence electrons. The molecule has 0 aliphatic carbocycles. The lowest BCUT2D eigenvalue weighted by Crippen LogP contribution is -2.21. The highest BCUT2D eigenvalue weighted by Crippen LogP contribution is 2.33. The van der Waals surface area contributed by atoms with E-state index in [-0.39, 0.29) is 18.4 Å². The van der Waals surface area contributed by atoms with Crippen LogP contribution in [0.15, 0.2) is 48.7 Å². The van der Waals surface area contributed by atoms with Crippen LogP contribution in [0.3, 0.4) is 0 Å². The molecule has 11 heteroatoms. The van der Waals surface area contributed by atoms with E-state index in [1.54, 1.807) is 24.4 Å². The number of hydrogen-bond donors (Lipinski definition) is 0. The Morgan fingerprint density at radius 1 is 0.969 bits per heavy atom. The molecule has 0 radical (unpaired) electrons. The van der Waals surface area contributed by atoms with Crippen molar-refractivity contribution >= 4 is 23.2 Å². The van der Waals surface area contributed by atoms with E-state index < -0.39 is 12.0 Å². The van der Waals surface area contributed by atoms with Crippen LogP contribution in [0, 0.1) is 0 Å². The van der Waals surface area contributed by atoms with Crippen LogP contribution in [0.1, 0.15) is 20.8 Å². The zero-order valence-electron chi connectivity index (χ0n) is 17.2. The predicted octanol–water partition coefficient (Wildman–Crippen LogP) is 6.83. The summed E-state index contributed by atoms with van der Waals surface area (Å²) in [7, 11) is 0. The number of alkyl halides is 3. The molecular formula is C21H19Cl2F3N2O4. The zero-order chi connectivity index (χ0) is 23.5. The molecule has 32 heavy (non-hydrogen) atoms. The van der Waals surface area contributed by atoms with E-state index in [1.165, 1.54) is 28.9 Å². The number of halogens is 5. The minimum Gasteiger partial charge on any atom is -0.406 e. The third-order valence-corrected chi connectivity index (χ3v) is 4.31. The van der Waals surface area contributed by atoms with Gasteiger partial charge in [0, 0.05) is 16.2 Å². The highest BCUT2D eigenvalue weighted by molar-refractivity contribution is 6.34. The van der Waals surface area contributed by atoms with E-state index in [0.29, 0.717) is 26.9 Å². The Hall–Kier alpha value is -2.46. The summed E-state index contributed by atoms with van der Waals surface area (Å²) in [6.45, 7) is 5.38. The first-order valence-corrected chi connectivity index (χ1v) is 10.0. The van der Waals surface area contributed by atoms with Crippen LogP contribution in [-0.4, -0.2) is 28.5 Å². The quantitative estimate of drug-likeness (QED) is 0.157. The lowest BCUT2D eigenvalue weighted by molar-refractivity contribution is -0.285. The van der Waals surface area contributed by atoms with Gasteiger partial charge in [-0.25, -0.2) is 4.68 Å². The lowest BCUT2D eigenvalue weighted by atomic mass is 10.1. The fourth-order valence-corrected chi connectivity index (χ4v) is 3.05. The summed E-state index contributed by atoms with van der Waals surface area (Å²) in [6, 6.07) is 10.1. The number of rotatable bonds is 7. The van der Waals surface area contributed by atoms with Gasteiger partial charge in [-0.1, -0.05) is 35.3 Å². The molecule has 0 atom stereocenters. The van der Waals surface area contributed by atoms with Crippen molar-refractivity contribution in [2.45, 2.75) is 32.7 Å². The molecule has 0 aliphatic rings. The van der Waals surface area contributed by atoms with Crippen LogP contribution < -0.4 is 9.62 Å². The molecule has 0 aliphatic heterocycles. The number of nitrogens with zero attached hydrogens (tertiary/aromatic N) is 2. The minimum absolute atomic E-state index is 0.0584. The van der Waals surface area contributed by atoms with Crippen LogP contribution in [0.2, 0.25) is 10.0 Å². The molecule has 3 rings (SSSR count). The van der Waals surface area contributed by atoms with Crippen molar-refractivity contribution in [2.75, 3.05) is 6.79 Å². The first-order chi connectivity index (χ1) is 14.9. The SMILES string of the molecule is CC(C)(C)OCOOc1nn(-c2cc(Cl)cc(Cl)c2)cc1-c1ccc(OC(F)(F)F)cc1. The summed E-state index contributed by atoms with van der Waals surface area (Å²) in [6.07, 6.45) is -3.18. The molecule has 1 aromatic heterocycles. The average molecular weight is 491 g/mol. The summed E-state index contributed by atoms with van der Waals surface area (Å²) in [5.74, 6) is -0.296. The van der Waals surface area contributed by atoms with Crippen molar-refractivity contribution in [1.29, 1.82) is 0 Å². The van der Waals surface area contributed by atoms with Gasteiger partial charge < -0.3 is 14.4 Å². The third-order valence-electron chi connectivity index (χ3n) is 3.87. The standard InChI is InChI=1S/C21H19Cl2F3N2O4/c1-20(2,3)29-12-30-32-19-18(13-4-6-17(7-5-13)31-21(24,25)26)11-28(27-19)16-9-14(22)8-15(23)10-16/h4-11H,12H2,1-3H3. The summed E-state index contributed by atoms with van der Waals surface area (Å²) in [5, 5.41) is 5.14. The van der Waals surface area contributed by atoms with Crippen molar-refractivity contribution in [1.82, 2.24) is 9.78 Å². The Morgan fingerprint density at radius 3 is 2.16 bits per heavy atom. The average Bonchev–Trinajstić information content (AvgIpc) is 3.07. The van der Waals surface area contributed by atoms with Gasteiger partial charge in [-0.2, -0.15) is 4.89 Å². The molecule has 0 N–H and O–H groups in total. The Bertz CT molecular complexity index is 1040. The maximum atomic E-state index is 12.4. The van der Waals surface area contributed by atoms with Crippen molar-refractivity contribution in [3.8, 4) is 28.4 Å². The molecule has 0 unspecified atom stereocenters. The second-order valence-corrected chi connectivity index (χ2v) is 8.44. The molecule has 0 fully saturated rings. The van der Waals surface area contributed by atoms with Crippen LogP contribution in [0.4, 0.5) is 13.2 Å². The summed E-state index contributed by atoms with van der Waals surface area (Å²) in [4.78, 5) is 10.4. The molecular weight excluding hydrogens is 472 g/mol. The van der Waals surface area contributed by atoms with Crippen molar-refractivity contribution in [2.24, 2.45) is 0 Å². The number of ether oxygens (including phenoxy) is 2. The minimum atomic E-state index is -4.78. The largest absolute Gasteiger partial charge is 0.573 e. The monoisotopic (exact) mass is 490 g/mol. The second kappa shape index (κ2) is 9.58. The molecule has 0 saturated heterocycles. The van der Waals surface area contributed by atoms with E-state index >= 15 is 0 Å². The Kier molecular flexibility index (Phi) is 7.24. The molecule has 3 aromatic rings. The summed E-state index contributed by atoms with van der Waals surface area (Å²) in [5.41, 5.74) is 1.04. The van der Waals surface area contributed by atoms with Crippen LogP contribution in [-0.2, 0) is 9.62 Å². The fourth-order valence-electron chi connectivity index (χ4n) is 2.54. The molecule has 0 spiro atoms. The van der Waals surface area contributed by atoms with E-state index in [1.807, 2.05) is 20.8 Å². The smallest absolute Gasteiger partial charge is 0.406 e. The molecule has 1 heterocycles. The Labute approximate surface area is 192 Å². The first kappa shape index (κ1) is 24.2. The van der Waals surface area contributed by atoms with Crippen LogP contribution in [0.5, 0.6) is 11.6 Å². The van der Waals surface area contributed by atoms with E-state index in [0.717, 1.165) is 0 Å². The maximum Gasteiger partial charge on any atom is 0.573 e. The second-order valence-electron chi connectivity index (χ2n) is 7.57. The summed E-state index contributed by atoms with van der Waals surface area (Å²) < 4.78 is 48.1. The van der Waals surface area contributed by atoms with Crippen molar-refractivity contribution < 1.29 is 32.4 Å².